The van der Waals surface area contributed by atoms with Crippen molar-refractivity contribution in [3.05, 3.63) is 34.9 Å². The Morgan fingerprint density at radius 1 is 1.44 bits per heavy atom. The maximum Gasteiger partial charge on any atom is 0.255 e. The van der Waals surface area contributed by atoms with Crippen LogP contribution in [0.15, 0.2) is 24.3 Å². The maximum absolute atomic E-state index is 12.5. The number of amides is 1. The minimum Gasteiger partial charge on any atom is -0.333 e. The van der Waals surface area contributed by atoms with Crippen molar-refractivity contribution in [2.45, 2.75) is 32.4 Å². The molecule has 0 saturated carbocycles. The summed E-state index contributed by atoms with van der Waals surface area (Å²) in [5, 5.41) is 3.95. The Morgan fingerprint density at radius 3 is 2.78 bits per heavy atom. The van der Waals surface area contributed by atoms with Crippen LogP contribution in [0.5, 0.6) is 0 Å². The Labute approximate surface area is 113 Å². The van der Waals surface area contributed by atoms with Crippen LogP contribution >= 0.6 is 11.6 Å². The van der Waals surface area contributed by atoms with Gasteiger partial charge in [-0.1, -0.05) is 23.7 Å². The van der Waals surface area contributed by atoms with Gasteiger partial charge in [-0.25, -0.2) is 0 Å². The topological polar surface area (TPSA) is 32.3 Å². The fourth-order valence-corrected chi connectivity index (χ4v) is 2.45. The summed E-state index contributed by atoms with van der Waals surface area (Å²) in [5.74, 6) is 0.0164. The highest BCUT2D eigenvalue weighted by atomic mass is 35.5. The van der Waals surface area contributed by atoms with Gasteiger partial charge in [0.1, 0.15) is 0 Å². The summed E-state index contributed by atoms with van der Waals surface area (Å²) in [5.41, 5.74) is 0.535. The Bertz CT molecular complexity index is 459. The molecule has 0 aromatic heterocycles. The van der Waals surface area contributed by atoms with Crippen molar-refractivity contribution < 1.29 is 4.79 Å². The van der Waals surface area contributed by atoms with Crippen molar-refractivity contribution in [1.82, 2.24) is 10.2 Å². The van der Waals surface area contributed by atoms with Gasteiger partial charge in [0.05, 0.1) is 10.6 Å². The van der Waals surface area contributed by atoms with E-state index in [9.17, 15) is 4.79 Å². The van der Waals surface area contributed by atoms with E-state index in [1.165, 1.54) is 0 Å². The lowest BCUT2D eigenvalue weighted by atomic mass is 9.98. The summed E-state index contributed by atoms with van der Waals surface area (Å²) < 4.78 is 0. The molecule has 4 heteroatoms. The largest absolute Gasteiger partial charge is 0.333 e. The van der Waals surface area contributed by atoms with Crippen molar-refractivity contribution >= 4 is 17.5 Å². The average Bonchev–Trinajstić information content (AvgIpc) is 2.32. The van der Waals surface area contributed by atoms with Crippen molar-refractivity contribution in [2.75, 3.05) is 13.1 Å². The molecule has 18 heavy (non-hydrogen) atoms. The molecule has 1 aliphatic heterocycles. The van der Waals surface area contributed by atoms with Gasteiger partial charge >= 0.3 is 0 Å². The fraction of sp³-hybridized carbons (Fsp3) is 0.500. The van der Waals surface area contributed by atoms with E-state index in [2.05, 4.69) is 26.1 Å². The lowest BCUT2D eigenvalue weighted by molar-refractivity contribution is 0.0533. The second kappa shape index (κ2) is 4.90. The molecular weight excluding hydrogens is 248 g/mol. The number of piperazine rings is 1. The van der Waals surface area contributed by atoms with E-state index in [-0.39, 0.29) is 17.5 Å². The Balaban J connectivity index is 2.25. The van der Waals surface area contributed by atoms with Gasteiger partial charge < -0.3 is 10.2 Å². The first-order valence-electron chi connectivity index (χ1n) is 6.21. The van der Waals surface area contributed by atoms with Crippen molar-refractivity contribution in [3.63, 3.8) is 0 Å². The van der Waals surface area contributed by atoms with Gasteiger partial charge in [-0.2, -0.15) is 0 Å². The lowest BCUT2D eigenvalue weighted by Gasteiger charge is -2.43. The number of hydrogen-bond donors (Lipinski definition) is 1. The van der Waals surface area contributed by atoms with Crippen LogP contribution in [0.4, 0.5) is 0 Å². The third kappa shape index (κ3) is 2.68. The van der Waals surface area contributed by atoms with Crippen molar-refractivity contribution in [1.29, 1.82) is 0 Å². The quantitative estimate of drug-likeness (QED) is 0.847. The standard InChI is InChI=1S/C14H19ClN2O/c1-10-8-16-14(2,3)9-17(10)13(18)11-6-4-5-7-12(11)15/h4-7,10,16H,8-9H2,1-3H3. The second-order valence-corrected chi connectivity index (χ2v) is 5.93. The smallest absolute Gasteiger partial charge is 0.255 e. The molecule has 1 atom stereocenters. The highest BCUT2D eigenvalue weighted by Gasteiger charge is 2.33. The van der Waals surface area contributed by atoms with E-state index in [4.69, 9.17) is 11.6 Å². The molecule has 1 saturated heterocycles. The van der Waals surface area contributed by atoms with Gasteiger partial charge in [-0.15, -0.1) is 0 Å². The van der Waals surface area contributed by atoms with Gasteiger partial charge in [-0.05, 0) is 32.9 Å². The summed E-state index contributed by atoms with van der Waals surface area (Å²) in [4.78, 5) is 14.4. The number of nitrogens with zero attached hydrogens (tertiary/aromatic N) is 1. The predicted molar refractivity (Wildman–Crippen MR) is 74.0 cm³/mol. The minimum absolute atomic E-state index is 0.0164. The number of nitrogens with one attached hydrogen (secondary N) is 1. The first-order chi connectivity index (χ1) is 8.41. The van der Waals surface area contributed by atoms with Crippen LogP contribution in [0.2, 0.25) is 5.02 Å². The molecule has 0 radical (unpaired) electrons. The van der Waals surface area contributed by atoms with Gasteiger partial charge in [0.2, 0.25) is 0 Å². The van der Waals surface area contributed by atoms with Crippen LogP contribution < -0.4 is 5.32 Å². The van der Waals surface area contributed by atoms with E-state index < -0.39 is 0 Å². The van der Waals surface area contributed by atoms with Crippen LogP contribution in [0.1, 0.15) is 31.1 Å². The van der Waals surface area contributed by atoms with Gasteiger partial charge in [0.25, 0.3) is 5.91 Å². The van der Waals surface area contributed by atoms with Crippen LogP contribution in [0, 0.1) is 0 Å². The van der Waals surface area contributed by atoms with Crippen molar-refractivity contribution in [3.8, 4) is 0 Å². The molecule has 1 unspecified atom stereocenters. The monoisotopic (exact) mass is 266 g/mol. The molecule has 0 bridgehead atoms. The molecule has 0 spiro atoms. The molecule has 98 valence electrons. The molecule has 1 aromatic rings. The summed E-state index contributed by atoms with van der Waals surface area (Å²) in [6.45, 7) is 7.76. The molecule has 3 nitrogen and oxygen atoms in total. The Hall–Kier alpha value is -1.06. The van der Waals surface area contributed by atoms with Crippen LogP contribution in [0.25, 0.3) is 0 Å². The highest BCUT2D eigenvalue weighted by molar-refractivity contribution is 6.33. The highest BCUT2D eigenvalue weighted by Crippen LogP contribution is 2.22. The molecule has 1 aromatic carbocycles. The fourth-order valence-electron chi connectivity index (χ4n) is 2.23. The Kier molecular flexibility index (Phi) is 3.64. The predicted octanol–water partition coefficient (Wildman–Crippen LogP) is 2.55. The number of benzene rings is 1. The summed E-state index contributed by atoms with van der Waals surface area (Å²) in [7, 11) is 0. The molecule has 1 fully saturated rings. The number of hydrogen-bond acceptors (Lipinski definition) is 2. The first-order valence-corrected chi connectivity index (χ1v) is 6.59. The van der Waals surface area contributed by atoms with E-state index >= 15 is 0 Å². The van der Waals surface area contributed by atoms with E-state index in [0.717, 1.165) is 6.54 Å². The number of halogens is 1. The third-order valence-corrected chi connectivity index (χ3v) is 3.67. The molecular formula is C14H19ClN2O. The maximum atomic E-state index is 12.5. The molecule has 1 amide bonds. The zero-order valence-electron chi connectivity index (χ0n) is 11.0. The molecule has 2 rings (SSSR count). The molecule has 1 N–H and O–H groups in total. The van der Waals surface area contributed by atoms with E-state index in [1.54, 1.807) is 12.1 Å². The molecule has 1 aliphatic rings. The SMILES string of the molecule is CC1CNC(C)(C)CN1C(=O)c1ccccc1Cl. The zero-order chi connectivity index (χ0) is 13.3. The Morgan fingerprint density at radius 2 is 2.11 bits per heavy atom. The summed E-state index contributed by atoms with van der Waals surface area (Å²) in [6, 6.07) is 7.41. The molecule has 1 heterocycles. The molecule has 0 aliphatic carbocycles. The second-order valence-electron chi connectivity index (χ2n) is 5.53. The van der Waals surface area contributed by atoms with Crippen LogP contribution in [0.3, 0.4) is 0 Å². The van der Waals surface area contributed by atoms with Crippen LogP contribution in [-0.4, -0.2) is 35.5 Å². The normalized spacial score (nSPS) is 22.9. The summed E-state index contributed by atoms with van der Waals surface area (Å²) >= 11 is 6.09. The lowest BCUT2D eigenvalue weighted by Crippen LogP contribution is -2.62. The van der Waals surface area contributed by atoms with Gasteiger partial charge in [-0.3, -0.25) is 4.79 Å². The van der Waals surface area contributed by atoms with Gasteiger partial charge in [0.15, 0.2) is 0 Å². The van der Waals surface area contributed by atoms with E-state index in [1.807, 2.05) is 17.0 Å². The van der Waals surface area contributed by atoms with E-state index in [0.29, 0.717) is 17.1 Å². The third-order valence-electron chi connectivity index (χ3n) is 3.34. The minimum atomic E-state index is -0.0522. The zero-order valence-corrected chi connectivity index (χ0v) is 11.8. The average molecular weight is 267 g/mol. The van der Waals surface area contributed by atoms with Crippen LogP contribution in [-0.2, 0) is 0 Å². The first kappa shape index (κ1) is 13.4. The summed E-state index contributed by atoms with van der Waals surface area (Å²) in [6.07, 6.45) is 0. The van der Waals surface area contributed by atoms with Crippen molar-refractivity contribution in [2.24, 2.45) is 0 Å². The number of rotatable bonds is 1. The number of carbonyl (C=O) groups excluding carboxylic acids is 1. The van der Waals surface area contributed by atoms with Gasteiger partial charge in [0, 0.05) is 24.7 Å². The number of carbonyl (C=O) groups is 1.